The monoisotopic (exact) mass is 332 g/mol. The summed E-state index contributed by atoms with van der Waals surface area (Å²) < 4.78 is 5.44. The summed E-state index contributed by atoms with van der Waals surface area (Å²) in [6.07, 6.45) is 8.26. The Hall–Kier alpha value is -1.88. The number of aryl methyl sites for hydroxylation is 1. The van der Waals surface area contributed by atoms with E-state index in [9.17, 15) is 4.79 Å². The molecule has 23 heavy (non-hydrogen) atoms. The lowest BCUT2D eigenvalue weighted by Gasteiger charge is -2.14. The molecule has 0 saturated carbocycles. The summed E-state index contributed by atoms with van der Waals surface area (Å²) in [5, 5.41) is 6.07. The molecule has 2 rings (SSSR count). The molecule has 0 radical (unpaired) electrons. The zero-order valence-corrected chi connectivity index (χ0v) is 14.4. The first-order valence-corrected chi connectivity index (χ1v) is 8.49. The van der Waals surface area contributed by atoms with Crippen LogP contribution < -0.4 is 15.4 Å². The zero-order chi connectivity index (χ0) is 16.5. The van der Waals surface area contributed by atoms with Crippen molar-refractivity contribution in [3.8, 4) is 5.75 Å². The third-order valence-corrected chi connectivity index (χ3v) is 3.98. The Morgan fingerprint density at radius 1 is 1.35 bits per heavy atom. The van der Waals surface area contributed by atoms with Gasteiger partial charge in [0.1, 0.15) is 5.75 Å². The molecule has 2 N–H and O–H groups in total. The van der Waals surface area contributed by atoms with Crippen molar-refractivity contribution >= 4 is 23.2 Å². The molecule has 1 aliphatic rings. The Bertz CT molecular complexity index is 584. The summed E-state index contributed by atoms with van der Waals surface area (Å²) >= 11 is 5.13. The highest BCUT2D eigenvalue weighted by molar-refractivity contribution is 7.80. The number of hydrogen-bond acceptors (Lipinski definition) is 3. The fourth-order valence-corrected chi connectivity index (χ4v) is 2.75. The Balaban J connectivity index is 1.62. The minimum Gasteiger partial charge on any atom is -0.484 e. The van der Waals surface area contributed by atoms with Crippen LogP contribution in [0.5, 0.6) is 5.75 Å². The van der Waals surface area contributed by atoms with E-state index in [1.165, 1.54) is 31.3 Å². The van der Waals surface area contributed by atoms with Crippen molar-refractivity contribution in [1.29, 1.82) is 0 Å². The number of carbonyl (C=O) groups is 1. The van der Waals surface area contributed by atoms with Crippen LogP contribution >= 0.6 is 12.2 Å². The van der Waals surface area contributed by atoms with Gasteiger partial charge < -0.3 is 15.4 Å². The van der Waals surface area contributed by atoms with Crippen LogP contribution in [0, 0.1) is 6.92 Å². The van der Waals surface area contributed by atoms with Crippen molar-refractivity contribution in [2.24, 2.45) is 0 Å². The second kappa shape index (κ2) is 9.30. The summed E-state index contributed by atoms with van der Waals surface area (Å²) in [5.41, 5.74) is 2.58. The van der Waals surface area contributed by atoms with Crippen LogP contribution in [0.2, 0.25) is 0 Å². The molecular weight excluding hydrogens is 308 g/mol. The van der Waals surface area contributed by atoms with Crippen LogP contribution in [0.25, 0.3) is 0 Å². The maximum atomic E-state index is 11.8. The molecule has 0 unspecified atom stereocenters. The lowest BCUT2D eigenvalue weighted by Crippen LogP contribution is -2.41. The van der Waals surface area contributed by atoms with Crippen molar-refractivity contribution in [3.63, 3.8) is 0 Å². The second-order valence-corrected chi connectivity index (χ2v) is 6.18. The number of allylic oxidation sites excluding steroid dienone is 1. The molecule has 0 heterocycles. The predicted octanol–water partition coefficient (Wildman–Crippen LogP) is 3.26. The summed E-state index contributed by atoms with van der Waals surface area (Å²) in [6.45, 7) is 2.69. The van der Waals surface area contributed by atoms with Gasteiger partial charge in [-0.2, -0.15) is 0 Å². The van der Waals surface area contributed by atoms with Gasteiger partial charge in [-0.25, -0.2) is 0 Å². The first-order chi connectivity index (χ1) is 11.1. The highest BCUT2D eigenvalue weighted by atomic mass is 32.1. The van der Waals surface area contributed by atoms with Crippen LogP contribution in [0.3, 0.4) is 0 Å². The molecule has 0 aromatic heterocycles. The van der Waals surface area contributed by atoms with Gasteiger partial charge in [-0.1, -0.05) is 23.8 Å². The van der Waals surface area contributed by atoms with Gasteiger partial charge >= 0.3 is 0 Å². The SMILES string of the molecule is Cc1cccc(OCC(=O)NC(=S)NCCC2=CCCCC2)c1. The third kappa shape index (κ3) is 6.82. The molecule has 0 bridgehead atoms. The van der Waals surface area contributed by atoms with Gasteiger partial charge in [0.2, 0.25) is 0 Å². The predicted molar refractivity (Wildman–Crippen MR) is 96.6 cm³/mol. The average Bonchev–Trinajstić information content (AvgIpc) is 2.54. The molecule has 0 aliphatic heterocycles. The van der Waals surface area contributed by atoms with Gasteiger partial charge in [0.15, 0.2) is 11.7 Å². The molecule has 0 saturated heterocycles. The number of ether oxygens (including phenoxy) is 1. The zero-order valence-electron chi connectivity index (χ0n) is 13.6. The number of carbonyl (C=O) groups excluding carboxylic acids is 1. The lowest BCUT2D eigenvalue weighted by atomic mass is 9.97. The number of nitrogens with one attached hydrogen (secondary N) is 2. The van der Waals surface area contributed by atoms with Crippen LogP contribution in [0.15, 0.2) is 35.9 Å². The van der Waals surface area contributed by atoms with E-state index in [0.29, 0.717) is 10.9 Å². The maximum Gasteiger partial charge on any atom is 0.264 e. The molecule has 4 nitrogen and oxygen atoms in total. The summed E-state index contributed by atoms with van der Waals surface area (Å²) in [7, 11) is 0. The Kier molecular flexibility index (Phi) is 7.07. The van der Waals surface area contributed by atoms with E-state index >= 15 is 0 Å². The molecular formula is C18H24N2O2S. The van der Waals surface area contributed by atoms with Gasteiger partial charge in [-0.05, 0) is 68.9 Å². The number of thiocarbonyl (C=S) groups is 1. The molecule has 1 aromatic carbocycles. The van der Waals surface area contributed by atoms with Gasteiger partial charge in [-0.15, -0.1) is 0 Å². The van der Waals surface area contributed by atoms with Crippen molar-refractivity contribution in [2.75, 3.05) is 13.2 Å². The standard InChI is InChI=1S/C18H24N2O2S/c1-14-6-5-9-16(12-14)22-13-17(21)20-18(23)19-11-10-15-7-3-2-4-8-15/h5-7,9,12H,2-4,8,10-11,13H2,1H3,(H2,19,20,21,23). The first-order valence-electron chi connectivity index (χ1n) is 8.08. The molecule has 1 amide bonds. The largest absolute Gasteiger partial charge is 0.484 e. The molecule has 5 heteroatoms. The summed E-state index contributed by atoms with van der Waals surface area (Å²) in [6, 6.07) is 7.60. The van der Waals surface area contributed by atoms with E-state index in [1.54, 1.807) is 0 Å². The van der Waals surface area contributed by atoms with Gasteiger partial charge in [0, 0.05) is 6.54 Å². The van der Waals surface area contributed by atoms with E-state index in [-0.39, 0.29) is 12.5 Å². The molecule has 0 atom stereocenters. The number of rotatable bonds is 6. The maximum absolute atomic E-state index is 11.8. The molecule has 1 aromatic rings. The van der Waals surface area contributed by atoms with E-state index in [4.69, 9.17) is 17.0 Å². The highest BCUT2D eigenvalue weighted by Crippen LogP contribution is 2.19. The van der Waals surface area contributed by atoms with Crippen LogP contribution in [0.4, 0.5) is 0 Å². The molecule has 1 aliphatic carbocycles. The Morgan fingerprint density at radius 2 is 2.22 bits per heavy atom. The van der Waals surface area contributed by atoms with Gasteiger partial charge in [0.25, 0.3) is 5.91 Å². The van der Waals surface area contributed by atoms with Crippen molar-refractivity contribution < 1.29 is 9.53 Å². The van der Waals surface area contributed by atoms with Crippen molar-refractivity contribution in [2.45, 2.75) is 39.0 Å². The Labute approximate surface area is 143 Å². The molecule has 0 spiro atoms. The quantitative estimate of drug-likeness (QED) is 0.620. The minimum absolute atomic E-state index is 0.0452. The molecule has 124 valence electrons. The van der Waals surface area contributed by atoms with Crippen LogP contribution in [-0.2, 0) is 4.79 Å². The smallest absolute Gasteiger partial charge is 0.264 e. The first kappa shape index (κ1) is 17.5. The molecule has 0 fully saturated rings. The van der Waals surface area contributed by atoms with Crippen LogP contribution in [0.1, 0.15) is 37.7 Å². The van der Waals surface area contributed by atoms with E-state index in [2.05, 4.69) is 16.7 Å². The average molecular weight is 332 g/mol. The summed E-state index contributed by atoms with van der Waals surface area (Å²) in [4.78, 5) is 11.8. The topological polar surface area (TPSA) is 50.4 Å². The summed E-state index contributed by atoms with van der Waals surface area (Å²) in [5.74, 6) is 0.434. The van der Waals surface area contributed by atoms with Crippen LogP contribution in [-0.4, -0.2) is 24.2 Å². The number of amides is 1. The third-order valence-electron chi connectivity index (χ3n) is 3.73. The van der Waals surface area contributed by atoms with Gasteiger partial charge in [0.05, 0.1) is 0 Å². The van der Waals surface area contributed by atoms with E-state index in [1.807, 2.05) is 31.2 Å². The van der Waals surface area contributed by atoms with E-state index in [0.717, 1.165) is 18.5 Å². The normalized spacial score (nSPS) is 13.9. The minimum atomic E-state index is -0.249. The fraction of sp³-hybridized carbons (Fsp3) is 0.444. The Morgan fingerprint density at radius 3 is 2.96 bits per heavy atom. The highest BCUT2D eigenvalue weighted by Gasteiger charge is 2.07. The fourth-order valence-electron chi connectivity index (χ4n) is 2.53. The number of benzene rings is 1. The number of hydrogen-bond donors (Lipinski definition) is 2. The lowest BCUT2D eigenvalue weighted by molar-refractivity contribution is -0.121. The van der Waals surface area contributed by atoms with Gasteiger partial charge in [-0.3, -0.25) is 4.79 Å². The van der Waals surface area contributed by atoms with Crippen molar-refractivity contribution in [3.05, 3.63) is 41.5 Å². The second-order valence-electron chi connectivity index (χ2n) is 5.77. The van der Waals surface area contributed by atoms with E-state index < -0.39 is 0 Å². The van der Waals surface area contributed by atoms with Crippen molar-refractivity contribution in [1.82, 2.24) is 10.6 Å².